The third kappa shape index (κ3) is 2.95. The predicted molar refractivity (Wildman–Crippen MR) is 91.3 cm³/mol. The third-order valence-electron chi connectivity index (χ3n) is 3.25. The highest BCUT2D eigenvalue weighted by molar-refractivity contribution is 9.10. The molecule has 1 aliphatic heterocycles. The summed E-state index contributed by atoms with van der Waals surface area (Å²) in [6, 6.07) is 11.2. The van der Waals surface area contributed by atoms with Crippen LogP contribution >= 0.6 is 27.5 Å². The number of imide groups is 1. The van der Waals surface area contributed by atoms with Crippen LogP contribution in [-0.4, -0.2) is 17.0 Å². The van der Waals surface area contributed by atoms with Crippen LogP contribution in [0, 0.1) is 0 Å². The molecule has 7 heteroatoms. The molecule has 0 radical (unpaired) electrons. The zero-order valence-electron chi connectivity index (χ0n) is 11.6. The molecule has 1 saturated heterocycles. The van der Waals surface area contributed by atoms with Gasteiger partial charge in [-0.3, -0.25) is 4.79 Å². The van der Waals surface area contributed by atoms with Gasteiger partial charge in [-0.1, -0.05) is 45.7 Å². The minimum atomic E-state index is -0.548. The van der Waals surface area contributed by atoms with Gasteiger partial charge in [0.25, 0.3) is 5.91 Å². The quantitative estimate of drug-likeness (QED) is 0.600. The number of urea groups is 1. The number of para-hydroxylation sites is 1. The zero-order valence-corrected chi connectivity index (χ0v) is 13.9. The fourth-order valence-corrected chi connectivity index (χ4v) is 3.03. The Kier molecular flexibility index (Phi) is 4.11. The van der Waals surface area contributed by atoms with E-state index in [4.69, 9.17) is 11.6 Å². The fraction of sp³-hybridized carbons (Fsp3) is 0. The molecule has 2 N–H and O–H groups in total. The lowest BCUT2D eigenvalue weighted by molar-refractivity contribution is -0.113. The summed E-state index contributed by atoms with van der Waals surface area (Å²) < 4.78 is 0.642. The van der Waals surface area contributed by atoms with Gasteiger partial charge in [0, 0.05) is 10.0 Å². The van der Waals surface area contributed by atoms with Crippen LogP contribution in [0.15, 0.2) is 52.6 Å². The van der Waals surface area contributed by atoms with Crippen LogP contribution in [0.25, 0.3) is 6.08 Å². The van der Waals surface area contributed by atoms with Crippen molar-refractivity contribution in [3.8, 4) is 5.75 Å². The molecule has 1 heterocycles. The molecule has 2 aromatic carbocycles. The Morgan fingerprint density at radius 2 is 1.87 bits per heavy atom. The topological polar surface area (TPSA) is 69.6 Å². The first-order valence-electron chi connectivity index (χ1n) is 6.57. The molecule has 0 unspecified atom stereocenters. The lowest BCUT2D eigenvalue weighted by Crippen LogP contribution is -2.30. The number of nitrogens with zero attached hydrogens (tertiary/aromatic N) is 1. The molecule has 1 fully saturated rings. The van der Waals surface area contributed by atoms with E-state index in [1.807, 2.05) is 0 Å². The van der Waals surface area contributed by atoms with Gasteiger partial charge in [-0.25, -0.2) is 9.69 Å². The average molecular weight is 394 g/mol. The minimum absolute atomic E-state index is 0.0586. The first kappa shape index (κ1) is 15.6. The summed E-state index contributed by atoms with van der Waals surface area (Å²) in [4.78, 5) is 25.5. The maximum absolute atomic E-state index is 12.4. The highest BCUT2D eigenvalue weighted by atomic mass is 79.9. The molecule has 3 rings (SSSR count). The molecular weight excluding hydrogens is 384 g/mol. The maximum atomic E-state index is 12.4. The van der Waals surface area contributed by atoms with Crippen molar-refractivity contribution in [1.82, 2.24) is 5.32 Å². The number of aromatic hydroxyl groups is 1. The molecule has 116 valence electrons. The SMILES string of the molecule is O=C1N/C(=C/c2cc(Br)cc(Cl)c2O)C(=O)N1c1ccccc1. The lowest BCUT2D eigenvalue weighted by atomic mass is 10.1. The van der Waals surface area contributed by atoms with E-state index in [1.165, 1.54) is 12.1 Å². The molecule has 1 aliphatic rings. The van der Waals surface area contributed by atoms with Crippen molar-refractivity contribution < 1.29 is 14.7 Å². The summed E-state index contributed by atoms with van der Waals surface area (Å²) in [6.45, 7) is 0. The van der Waals surface area contributed by atoms with E-state index in [-0.39, 0.29) is 16.5 Å². The number of hydrogen-bond donors (Lipinski definition) is 2. The number of halogens is 2. The van der Waals surface area contributed by atoms with Crippen LogP contribution < -0.4 is 10.2 Å². The van der Waals surface area contributed by atoms with Crippen molar-refractivity contribution in [2.45, 2.75) is 0 Å². The van der Waals surface area contributed by atoms with Crippen molar-refractivity contribution in [2.24, 2.45) is 0 Å². The Balaban J connectivity index is 2.00. The van der Waals surface area contributed by atoms with Crippen molar-refractivity contribution >= 4 is 51.2 Å². The first-order chi connectivity index (χ1) is 11.0. The summed E-state index contributed by atoms with van der Waals surface area (Å²) in [6.07, 6.45) is 1.38. The molecule has 0 atom stereocenters. The molecule has 0 aliphatic carbocycles. The third-order valence-corrected chi connectivity index (χ3v) is 4.00. The summed E-state index contributed by atoms with van der Waals surface area (Å²) in [5, 5.41) is 12.6. The second-order valence-corrected chi connectivity index (χ2v) is 6.11. The van der Waals surface area contributed by atoms with Crippen molar-refractivity contribution in [3.63, 3.8) is 0 Å². The zero-order chi connectivity index (χ0) is 16.6. The smallest absolute Gasteiger partial charge is 0.333 e. The maximum Gasteiger partial charge on any atom is 0.333 e. The van der Waals surface area contributed by atoms with Gasteiger partial charge in [-0.2, -0.15) is 0 Å². The second kappa shape index (κ2) is 6.06. The molecule has 2 aromatic rings. The summed E-state index contributed by atoms with van der Waals surface area (Å²) >= 11 is 9.17. The average Bonchev–Trinajstić information content (AvgIpc) is 2.79. The minimum Gasteiger partial charge on any atom is -0.506 e. The molecule has 3 amide bonds. The van der Waals surface area contributed by atoms with E-state index < -0.39 is 11.9 Å². The standard InChI is InChI=1S/C16H10BrClN2O3/c17-10-6-9(14(21)12(18)8-10)7-13-15(22)20(16(23)19-13)11-4-2-1-3-5-11/h1-8,21H,(H,19,23)/b13-7+. The van der Waals surface area contributed by atoms with Crippen molar-refractivity contribution in [3.05, 3.63) is 63.2 Å². The van der Waals surface area contributed by atoms with Gasteiger partial charge < -0.3 is 10.4 Å². The molecular formula is C16H10BrClN2O3. The van der Waals surface area contributed by atoms with E-state index in [9.17, 15) is 14.7 Å². The van der Waals surface area contributed by atoms with E-state index >= 15 is 0 Å². The fourth-order valence-electron chi connectivity index (χ4n) is 2.20. The van der Waals surface area contributed by atoms with Gasteiger partial charge >= 0.3 is 6.03 Å². The number of amides is 3. The van der Waals surface area contributed by atoms with E-state index in [1.54, 1.807) is 36.4 Å². The number of rotatable bonds is 2. The molecule has 0 bridgehead atoms. The summed E-state index contributed by atoms with van der Waals surface area (Å²) in [5.41, 5.74) is 0.848. The van der Waals surface area contributed by atoms with Gasteiger partial charge in [0.1, 0.15) is 11.4 Å². The normalized spacial score (nSPS) is 16.1. The van der Waals surface area contributed by atoms with Gasteiger partial charge in [-0.05, 0) is 30.3 Å². The number of phenols is 1. The number of phenolic OH excluding ortho intramolecular Hbond substituents is 1. The Hall–Kier alpha value is -2.31. The molecule has 0 saturated carbocycles. The first-order valence-corrected chi connectivity index (χ1v) is 7.74. The van der Waals surface area contributed by atoms with Crippen LogP contribution in [0.1, 0.15) is 5.56 Å². The van der Waals surface area contributed by atoms with Gasteiger partial charge in [0.2, 0.25) is 0 Å². The van der Waals surface area contributed by atoms with Crippen molar-refractivity contribution in [2.75, 3.05) is 4.90 Å². The van der Waals surface area contributed by atoms with E-state index in [0.29, 0.717) is 15.7 Å². The number of nitrogens with one attached hydrogen (secondary N) is 1. The number of carbonyl (C=O) groups is 2. The number of benzene rings is 2. The Labute approximate surface area is 145 Å². The van der Waals surface area contributed by atoms with Crippen LogP contribution in [0.5, 0.6) is 5.75 Å². The van der Waals surface area contributed by atoms with Crippen LogP contribution in [0.2, 0.25) is 5.02 Å². The highest BCUT2D eigenvalue weighted by Crippen LogP contribution is 2.33. The summed E-state index contributed by atoms with van der Waals surface area (Å²) in [7, 11) is 0. The largest absolute Gasteiger partial charge is 0.506 e. The monoisotopic (exact) mass is 392 g/mol. The highest BCUT2D eigenvalue weighted by Gasteiger charge is 2.34. The van der Waals surface area contributed by atoms with Gasteiger partial charge in [0.05, 0.1) is 10.7 Å². The predicted octanol–water partition coefficient (Wildman–Crippen LogP) is 3.91. The Morgan fingerprint density at radius 3 is 2.57 bits per heavy atom. The summed E-state index contributed by atoms with van der Waals surface area (Å²) in [5.74, 6) is -0.667. The Bertz CT molecular complexity index is 837. The van der Waals surface area contributed by atoms with Crippen molar-refractivity contribution in [1.29, 1.82) is 0 Å². The number of anilines is 1. The van der Waals surface area contributed by atoms with E-state index in [2.05, 4.69) is 21.2 Å². The molecule has 23 heavy (non-hydrogen) atoms. The molecule has 5 nitrogen and oxygen atoms in total. The molecule has 0 aromatic heterocycles. The number of carbonyl (C=O) groups excluding carboxylic acids is 2. The van der Waals surface area contributed by atoms with Gasteiger partial charge in [-0.15, -0.1) is 0 Å². The second-order valence-electron chi connectivity index (χ2n) is 4.79. The van der Waals surface area contributed by atoms with Gasteiger partial charge in [0.15, 0.2) is 0 Å². The van der Waals surface area contributed by atoms with Crippen LogP contribution in [0.4, 0.5) is 10.5 Å². The number of hydrogen-bond acceptors (Lipinski definition) is 3. The lowest BCUT2D eigenvalue weighted by Gasteiger charge is -2.10. The molecule has 0 spiro atoms. The van der Waals surface area contributed by atoms with Crippen LogP contribution in [0.3, 0.4) is 0 Å². The van der Waals surface area contributed by atoms with E-state index in [0.717, 1.165) is 4.90 Å². The Morgan fingerprint density at radius 1 is 1.17 bits per heavy atom. The van der Waals surface area contributed by atoms with Crippen LogP contribution in [-0.2, 0) is 4.79 Å².